The van der Waals surface area contributed by atoms with Crippen LogP contribution in [0.1, 0.15) is 27.5 Å². The first-order valence-electron chi connectivity index (χ1n) is 9.45. The van der Waals surface area contributed by atoms with Crippen LogP contribution < -0.4 is 19.5 Å². The molecule has 0 radical (unpaired) electrons. The SMILES string of the molecule is COc1ccc(CC(NC(=O)c2ccc(OC)c(F)c2)c2ccc(OC)cc2)cc1. The van der Waals surface area contributed by atoms with E-state index in [4.69, 9.17) is 14.2 Å². The number of benzene rings is 3. The minimum atomic E-state index is -0.582. The van der Waals surface area contributed by atoms with Crippen LogP contribution >= 0.6 is 0 Å². The molecule has 0 fully saturated rings. The topological polar surface area (TPSA) is 56.8 Å². The van der Waals surface area contributed by atoms with Crippen molar-refractivity contribution >= 4 is 5.91 Å². The molecule has 0 saturated heterocycles. The zero-order chi connectivity index (χ0) is 21.5. The van der Waals surface area contributed by atoms with E-state index in [0.717, 1.165) is 22.6 Å². The zero-order valence-electron chi connectivity index (χ0n) is 17.1. The summed E-state index contributed by atoms with van der Waals surface area (Å²) in [6.45, 7) is 0. The van der Waals surface area contributed by atoms with Crippen molar-refractivity contribution in [3.05, 3.63) is 89.2 Å². The highest BCUT2D eigenvalue weighted by Crippen LogP contribution is 2.24. The molecule has 30 heavy (non-hydrogen) atoms. The largest absolute Gasteiger partial charge is 0.497 e. The second-order valence-corrected chi connectivity index (χ2v) is 6.70. The molecule has 1 atom stereocenters. The van der Waals surface area contributed by atoms with Crippen molar-refractivity contribution in [2.75, 3.05) is 21.3 Å². The number of carbonyl (C=O) groups is 1. The molecule has 5 nitrogen and oxygen atoms in total. The van der Waals surface area contributed by atoms with Gasteiger partial charge in [-0.25, -0.2) is 4.39 Å². The van der Waals surface area contributed by atoms with Crippen molar-refractivity contribution < 1.29 is 23.4 Å². The molecule has 0 heterocycles. The molecule has 1 N–H and O–H groups in total. The third-order valence-corrected chi connectivity index (χ3v) is 4.84. The van der Waals surface area contributed by atoms with Crippen molar-refractivity contribution in [2.45, 2.75) is 12.5 Å². The predicted molar refractivity (Wildman–Crippen MR) is 113 cm³/mol. The molecule has 0 aliphatic carbocycles. The fraction of sp³-hybridized carbons (Fsp3) is 0.208. The van der Waals surface area contributed by atoms with E-state index in [2.05, 4.69) is 5.32 Å². The van der Waals surface area contributed by atoms with E-state index < -0.39 is 5.82 Å². The maximum atomic E-state index is 14.0. The van der Waals surface area contributed by atoms with Gasteiger partial charge in [0.15, 0.2) is 11.6 Å². The summed E-state index contributed by atoms with van der Waals surface area (Å²) in [7, 11) is 4.60. The van der Waals surface area contributed by atoms with E-state index in [-0.39, 0.29) is 23.3 Å². The van der Waals surface area contributed by atoms with Crippen LogP contribution in [-0.4, -0.2) is 27.2 Å². The van der Waals surface area contributed by atoms with Crippen LogP contribution in [-0.2, 0) is 6.42 Å². The molecule has 156 valence electrons. The van der Waals surface area contributed by atoms with Crippen LogP contribution in [0.25, 0.3) is 0 Å². The van der Waals surface area contributed by atoms with Gasteiger partial charge in [0.25, 0.3) is 5.91 Å². The molecule has 3 aromatic rings. The molecule has 1 amide bonds. The number of amides is 1. The molecule has 3 aromatic carbocycles. The Bertz CT molecular complexity index is 987. The highest BCUT2D eigenvalue weighted by atomic mass is 19.1. The highest BCUT2D eigenvalue weighted by Gasteiger charge is 2.18. The monoisotopic (exact) mass is 409 g/mol. The first-order valence-corrected chi connectivity index (χ1v) is 9.45. The van der Waals surface area contributed by atoms with Crippen LogP contribution in [0.15, 0.2) is 66.7 Å². The van der Waals surface area contributed by atoms with E-state index in [1.807, 2.05) is 48.5 Å². The molecule has 0 aromatic heterocycles. The molecular formula is C24H24FNO4. The lowest BCUT2D eigenvalue weighted by molar-refractivity contribution is 0.0936. The number of rotatable bonds is 8. The van der Waals surface area contributed by atoms with Gasteiger partial charge in [-0.3, -0.25) is 4.79 Å². The number of methoxy groups -OCH3 is 3. The van der Waals surface area contributed by atoms with Crippen molar-refractivity contribution in [1.82, 2.24) is 5.32 Å². The predicted octanol–water partition coefficient (Wildman–Crippen LogP) is 4.57. The lowest BCUT2D eigenvalue weighted by Crippen LogP contribution is -2.30. The van der Waals surface area contributed by atoms with Crippen LogP contribution in [0.2, 0.25) is 0 Å². The minimum absolute atomic E-state index is 0.0940. The van der Waals surface area contributed by atoms with Crippen LogP contribution in [0.4, 0.5) is 4.39 Å². The Labute approximate surface area is 175 Å². The van der Waals surface area contributed by atoms with E-state index in [0.29, 0.717) is 6.42 Å². The molecule has 0 spiro atoms. The Morgan fingerprint density at radius 3 is 2.00 bits per heavy atom. The van der Waals surface area contributed by atoms with Crippen LogP contribution in [0, 0.1) is 5.82 Å². The van der Waals surface area contributed by atoms with Gasteiger partial charge in [-0.15, -0.1) is 0 Å². The van der Waals surface area contributed by atoms with Gasteiger partial charge in [0, 0.05) is 5.56 Å². The summed E-state index contributed by atoms with van der Waals surface area (Å²) in [6.07, 6.45) is 0.556. The molecule has 0 saturated carbocycles. The van der Waals surface area contributed by atoms with Gasteiger partial charge in [-0.05, 0) is 60.0 Å². The van der Waals surface area contributed by atoms with Gasteiger partial charge in [0.05, 0.1) is 27.4 Å². The van der Waals surface area contributed by atoms with Crippen molar-refractivity contribution in [3.8, 4) is 17.2 Å². The average Bonchev–Trinajstić information content (AvgIpc) is 2.79. The second-order valence-electron chi connectivity index (χ2n) is 6.70. The van der Waals surface area contributed by atoms with Crippen molar-refractivity contribution in [3.63, 3.8) is 0 Å². The smallest absolute Gasteiger partial charge is 0.251 e. The third-order valence-electron chi connectivity index (χ3n) is 4.84. The maximum absolute atomic E-state index is 14.0. The Balaban J connectivity index is 1.85. The molecule has 0 aliphatic rings. The molecule has 1 unspecified atom stereocenters. The van der Waals surface area contributed by atoms with E-state index in [9.17, 15) is 9.18 Å². The molecule has 0 aliphatic heterocycles. The van der Waals surface area contributed by atoms with Gasteiger partial charge < -0.3 is 19.5 Å². The van der Waals surface area contributed by atoms with E-state index in [1.165, 1.54) is 25.3 Å². The number of ether oxygens (including phenoxy) is 3. The first kappa shape index (κ1) is 21.2. The Morgan fingerprint density at radius 2 is 1.47 bits per heavy atom. The summed E-state index contributed by atoms with van der Waals surface area (Å²) in [5.41, 5.74) is 2.16. The lowest BCUT2D eigenvalue weighted by Gasteiger charge is -2.20. The summed E-state index contributed by atoms with van der Waals surface area (Å²) < 4.78 is 29.4. The molecule has 0 bridgehead atoms. The lowest BCUT2D eigenvalue weighted by atomic mass is 9.98. The number of hydrogen-bond donors (Lipinski definition) is 1. The van der Waals surface area contributed by atoms with E-state index in [1.54, 1.807) is 14.2 Å². The quantitative estimate of drug-likeness (QED) is 0.592. The van der Waals surface area contributed by atoms with Gasteiger partial charge in [-0.1, -0.05) is 24.3 Å². The van der Waals surface area contributed by atoms with Crippen molar-refractivity contribution in [2.24, 2.45) is 0 Å². The summed E-state index contributed by atoms with van der Waals surface area (Å²) in [5.74, 6) is 0.631. The number of nitrogens with one attached hydrogen (secondary N) is 1. The number of carbonyl (C=O) groups excluding carboxylic acids is 1. The van der Waals surface area contributed by atoms with Gasteiger partial charge in [-0.2, -0.15) is 0 Å². The summed E-state index contributed by atoms with van der Waals surface area (Å²) >= 11 is 0. The molecule has 3 rings (SSSR count). The Kier molecular flexibility index (Phi) is 6.91. The Morgan fingerprint density at radius 1 is 0.867 bits per heavy atom. The number of hydrogen-bond acceptors (Lipinski definition) is 4. The van der Waals surface area contributed by atoms with Crippen LogP contribution in [0.3, 0.4) is 0 Å². The van der Waals surface area contributed by atoms with Gasteiger partial charge in [0.2, 0.25) is 0 Å². The fourth-order valence-electron chi connectivity index (χ4n) is 3.13. The maximum Gasteiger partial charge on any atom is 0.251 e. The molecule has 6 heteroatoms. The second kappa shape index (κ2) is 9.78. The van der Waals surface area contributed by atoms with Crippen LogP contribution in [0.5, 0.6) is 17.2 Å². The van der Waals surface area contributed by atoms with Gasteiger partial charge in [0.1, 0.15) is 11.5 Å². The Hall–Kier alpha value is -3.54. The first-order chi connectivity index (χ1) is 14.5. The van der Waals surface area contributed by atoms with Gasteiger partial charge >= 0.3 is 0 Å². The third kappa shape index (κ3) is 5.08. The summed E-state index contributed by atoms with van der Waals surface area (Å²) in [4.78, 5) is 12.8. The standard InChI is InChI=1S/C24H24FNO4/c1-28-19-9-4-16(5-10-19)14-22(17-6-11-20(29-2)12-7-17)26-24(27)18-8-13-23(30-3)21(25)15-18/h4-13,15,22H,14H2,1-3H3,(H,26,27). The normalized spacial score (nSPS) is 11.5. The molecular weight excluding hydrogens is 385 g/mol. The highest BCUT2D eigenvalue weighted by molar-refractivity contribution is 5.94. The van der Waals surface area contributed by atoms with E-state index >= 15 is 0 Å². The fourth-order valence-corrected chi connectivity index (χ4v) is 3.13. The number of halogens is 1. The minimum Gasteiger partial charge on any atom is -0.497 e. The zero-order valence-corrected chi connectivity index (χ0v) is 17.1. The average molecular weight is 409 g/mol. The summed E-state index contributed by atoms with van der Waals surface area (Å²) in [5, 5.41) is 3.01. The van der Waals surface area contributed by atoms with Crippen molar-refractivity contribution in [1.29, 1.82) is 0 Å². The summed E-state index contributed by atoms with van der Waals surface area (Å²) in [6, 6.07) is 19.0.